The molecule has 0 saturated carbocycles. The van der Waals surface area contributed by atoms with Gasteiger partial charge in [0.05, 0.1) is 6.61 Å². The summed E-state index contributed by atoms with van der Waals surface area (Å²) in [5.74, 6) is 2.95. The van der Waals surface area contributed by atoms with Crippen LogP contribution in [0.3, 0.4) is 0 Å². The number of nitrogens with zero attached hydrogens (tertiary/aromatic N) is 3. The first-order valence-electron chi connectivity index (χ1n) is 5.66. The fraction of sp³-hybridized carbons (Fsp3) is 0.636. The van der Waals surface area contributed by atoms with Gasteiger partial charge in [-0.15, -0.1) is 0 Å². The second-order valence-corrected chi connectivity index (χ2v) is 4.05. The molecule has 1 aromatic heterocycles. The van der Waals surface area contributed by atoms with Crippen LogP contribution in [0.1, 0.15) is 12.7 Å². The lowest BCUT2D eigenvalue weighted by Crippen LogP contribution is -2.50. The first-order valence-corrected chi connectivity index (χ1v) is 5.66. The topological polar surface area (TPSA) is 64.3 Å². The van der Waals surface area contributed by atoms with E-state index in [2.05, 4.69) is 14.9 Å². The fourth-order valence-corrected chi connectivity index (χ4v) is 1.82. The van der Waals surface area contributed by atoms with Crippen LogP contribution in [-0.2, 0) is 0 Å². The normalized spacial score (nSPS) is 16.1. The van der Waals surface area contributed by atoms with Crippen LogP contribution in [0.25, 0.3) is 0 Å². The third kappa shape index (κ3) is 2.24. The van der Waals surface area contributed by atoms with E-state index in [1.54, 1.807) is 0 Å². The van der Waals surface area contributed by atoms with Crippen LogP contribution in [0.5, 0.6) is 5.88 Å². The lowest BCUT2D eigenvalue weighted by Gasteiger charge is -2.39. The van der Waals surface area contributed by atoms with Gasteiger partial charge in [0.15, 0.2) is 0 Å². The summed E-state index contributed by atoms with van der Waals surface area (Å²) < 4.78 is 5.40. The van der Waals surface area contributed by atoms with Crippen LogP contribution in [0.2, 0.25) is 0 Å². The summed E-state index contributed by atoms with van der Waals surface area (Å²) in [4.78, 5) is 10.8. The number of aryl methyl sites for hydroxylation is 1. The molecule has 0 aliphatic carbocycles. The Hall–Kier alpha value is -1.36. The molecule has 1 aliphatic heterocycles. The van der Waals surface area contributed by atoms with Crippen molar-refractivity contribution < 1.29 is 4.74 Å². The van der Waals surface area contributed by atoms with Crippen molar-refractivity contribution in [2.24, 2.45) is 11.7 Å². The smallest absolute Gasteiger partial charge is 0.218 e. The van der Waals surface area contributed by atoms with Crippen molar-refractivity contribution in [2.45, 2.75) is 13.8 Å². The molecule has 1 aliphatic rings. The quantitative estimate of drug-likeness (QED) is 0.807. The maximum atomic E-state index is 5.60. The van der Waals surface area contributed by atoms with E-state index in [-0.39, 0.29) is 0 Å². The van der Waals surface area contributed by atoms with Gasteiger partial charge in [-0.2, -0.15) is 4.98 Å². The maximum Gasteiger partial charge on any atom is 0.218 e. The molecule has 0 atom stereocenters. The van der Waals surface area contributed by atoms with Crippen LogP contribution in [-0.4, -0.2) is 36.2 Å². The highest BCUT2D eigenvalue weighted by Crippen LogP contribution is 2.24. The molecule has 2 N–H and O–H groups in total. The van der Waals surface area contributed by atoms with E-state index < -0.39 is 0 Å². The summed E-state index contributed by atoms with van der Waals surface area (Å²) in [7, 11) is 0. The summed E-state index contributed by atoms with van der Waals surface area (Å²) in [6.07, 6.45) is 0. The summed E-state index contributed by atoms with van der Waals surface area (Å²) in [5.41, 5.74) is 5.60. The molecule has 1 saturated heterocycles. The van der Waals surface area contributed by atoms with Gasteiger partial charge in [-0.25, -0.2) is 4.98 Å². The number of nitrogens with two attached hydrogens (primary N) is 1. The van der Waals surface area contributed by atoms with Gasteiger partial charge in [-0.1, -0.05) is 0 Å². The minimum atomic E-state index is 0.603. The zero-order valence-corrected chi connectivity index (χ0v) is 9.81. The SMILES string of the molecule is CCOc1cc(N2CC(CN)C2)nc(C)n1. The summed E-state index contributed by atoms with van der Waals surface area (Å²) in [6.45, 7) is 7.18. The first kappa shape index (κ1) is 11.1. The van der Waals surface area contributed by atoms with Crippen molar-refractivity contribution in [3.05, 3.63) is 11.9 Å². The molecular weight excluding hydrogens is 204 g/mol. The second kappa shape index (κ2) is 4.65. The van der Waals surface area contributed by atoms with Crippen molar-refractivity contribution in [3.8, 4) is 5.88 Å². The van der Waals surface area contributed by atoms with Crippen molar-refractivity contribution in [3.63, 3.8) is 0 Å². The maximum absolute atomic E-state index is 5.60. The second-order valence-electron chi connectivity index (χ2n) is 4.05. The molecule has 5 nitrogen and oxygen atoms in total. The molecule has 1 fully saturated rings. The van der Waals surface area contributed by atoms with Gasteiger partial charge in [0.2, 0.25) is 5.88 Å². The molecule has 88 valence electrons. The van der Waals surface area contributed by atoms with E-state index >= 15 is 0 Å². The van der Waals surface area contributed by atoms with E-state index in [0.717, 1.165) is 31.3 Å². The molecule has 0 bridgehead atoms. The number of ether oxygens (including phenoxy) is 1. The predicted octanol–water partition coefficient (Wildman–Crippen LogP) is 0.579. The number of hydrogen-bond donors (Lipinski definition) is 1. The van der Waals surface area contributed by atoms with Gasteiger partial charge in [0.25, 0.3) is 0 Å². The molecule has 1 aromatic rings. The van der Waals surface area contributed by atoms with E-state index in [1.807, 2.05) is 19.9 Å². The predicted molar refractivity (Wildman–Crippen MR) is 62.7 cm³/mol. The van der Waals surface area contributed by atoms with E-state index in [4.69, 9.17) is 10.5 Å². The zero-order valence-electron chi connectivity index (χ0n) is 9.81. The van der Waals surface area contributed by atoms with E-state index in [1.165, 1.54) is 0 Å². The van der Waals surface area contributed by atoms with E-state index in [0.29, 0.717) is 18.4 Å². The Morgan fingerprint density at radius 2 is 2.25 bits per heavy atom. The number of aromatic nitrogens is 2. The third-order valence-corrected chi connectivity index (χ3v) is 2.71. The van der Waals surface area contributed by atoms with Gasteiger partial charge in [0.1, 0.15) is 11.6 Å². The Kier molecular flexibility index (Phi) is 3.24. The Bertz CT molecular complexity index is 363. The standard InChI is InChI=1S/C11H18N4O/c1-3-16-11-4-10(13-8(2)14-11)15-6-9(5-12)7-15/h4,9H,3,5-7,12H2,1-2H3. The number of hydrogen-bond acceptors (Lipinski definition) is 5. The molecule has 0 unspecified atom stereocenters. The van der Waals surface area contributed by atoms with Gasteiger partial charge in [-0.05, 0) is 20.4 Å². The first-order chi connectivity index (χ1) is 7.72. The summed E-state index contributed by atoms with van der Waals surface area (Å²) in [5, 5.41) is 0. The van der Waals surface area contributed by atoms with Crippen molar-refractivity contribution >= 4 is 5.82 Å². The molecule has 0 aromatic carbocycles. The monoisotopic (exact) mass is 222 g/mol. The Morgan fingerprint density at radius 1 is 1.50 bits per heavy atom. The minimum absolute atomic E-state index is 0.603. The highest BCUT2D eigenvalue weighted by atomic mass is 16.5. The molecule has 0 spiro atoms. The molecular formula is C11H18N4O. The van der Waals surface area contributed by atoms with Crippen molar-refractivity contribution in [1.82, 2.24) is 9.97 Å². The molecule has 5 heteroatoms. The van der Waals surface area contributed by atoms with Crippen LogP contribution < -0.4 is 15.4 Å². The van der Waals surface area contributed by atoms with Gasteiger partial charge in [0, 0.05) is 25.1 Å². The Morgan fingerprint density at radius 3 is 2.88 bits per heavy atom. The minimum Gasteiger partial charge on any atom is -0.478 e. The van der Waals surface area contributed by atoms with Crippen LogP contribution in [0, 0.1) is 12.8 Å². The average Bonchev–Trinajstić information content (AvgIpc) is 2.15. The zero-order chi connectivity index (χ0) is 11.5. The molecule has 2 rings (SSSR count). The Balaban J connectivity index is 2.09. The van der Waals surface area contributed by atoms with E-state index in [9.17, 15) is 0 Å². The lowest BCUT2D eigenvalue weighted by atomic mass is 10.0. The van der Waals surface area contributed by atoms with Gasteiger partial charge < -0.3 is 15.4 Å². The van der Waals surface area contributed by atoms with Crippen molar-refractivity contribution in [1.29, 1.82) is 0 Å². The molecule has 0 amide bonds. The average molecular weight is 222 g/mol. The Labute approximate surface area is 95.6 Å². The fourth-order valence-electron chi connectivity index (χ4n) is 1.82. The van der Waals surface area contributed by atoms with Crippen LogP contribution in [0.4, 0.5) is 5.82 Å². The lowest BCUT2D eigenvalue weighted by molar-refractivity contribution is 0.324. The highest BCUT2D eigenvalue weighted by molar-refractivity contribution is 5.44. The van der Waals surface area contributed by atoms with Crippen molar-refractivity contribution in [2.75, 3.05) is 31.1 Å². The summed E-state index contributed by atoms with van der Waals surface area (Å²) >= 11 is 0. The number of anilines is 1. The largest absolute Gasteiger partial charge is 0.478 e. The highest BCUT2D eigenvalue weighted by Gasteiger charge is 2.26. The van der Waals surface area contributed by atoms with Crippen LogP contribution >= 0.6 is 0 Å². The molecule has 2 heterocycles. The number of rotatable bonds is 4. The molecule has 0 radical (unpaired) electrons. The molecule has 16 heavy (non-hydrogen) atoms. The third-order valence-electron chi connectivity index (χ3n) is 2.71. The van der Waals surface area contributed by atoms with Gasteiger partial charge >= 0.3 is 0 Å². The van der Waals surface area contributed by atoms with Gasteiger partial charge in [-0.3, -0.25) is 0 Å². The van der Waals surface area contributed by atoms with Crippen LogP contribution in [0.15, 0.2) is 6.07 Å². The summed E-state index contributed by atoms with van der Waals surface area (Å²) in [6, 6.07) is 1.89.